The van der Waals surface area contributed by atoms with E-state index in [-0.39, 0.29) is 0 Å². The maximum Gasteiger partial charge on any atom is 0.368 e. The summed E-state index contributed by atoms with van der Waals surface area (Å²) in [6, 6.07) is 0. The molecule has 0 aliphatic heterocycles. The molecule has 0 aromatic rings. The molecule has 0 heterocycles. The summed E-state index contributed by atoms with van der Waals surface area (Å²) < 4.78 is 4.61. The van der Waals surface area contributed by atoms with Crippen molar-refractivity contribution in [1.82, 2.24) is 0 Å². The van der Waals surface area contributed by atoms with E-state index in [1.54, 1.807) is 6.92 Å². The summed E-state index contributed by atoms with van der Waals surface area (Å²) in [5.41, 5.74) is 0. The molecule has 0 rings (SSSR count). The van der Waals surface area contributed by atoms with Gasteiger partial charge in [-0.15, -0.1) is 0 Å². The first kappa shape index (κ1) is 7.97. The van der Waals surface area contributed by atoms with Gasteiger partial charge in [-0.25, -0.2) is 4.79 Å². The van der Waals surface area contributed by atoms with Crippen molar-refractivity contribution < 1.29 is 19.7 Å². The van der Waals surface area contributed by atoms with Crippen molar-refractivity contribution in [2.75, 3.05) is 6.61 Å². The van der Waals surface area contributed by atoms with Gasteiger partial charge in [-0.3, -0.25) is 4.89 Å². The second-order valence-corrected chi connectivity index (χ2v) is 1.17. The Hall–Kier alpha value is -1.03. The molecule has 0 aromatic carbocycles. The highest BCUT2D eigenvalue weighted by atomic mass is 17.1. The van der Waals surface area contributed by atoms with Gasteiger partial charge in [0.25, 0.3) is 0 Å². The first-order valence-corrected chi connectivity index (χ1v) is 2.44. The summed E-state index contributed by atoms with van der Waals surface area (Å²) in [6.07, 6.45) is 2.13. The molecule has 0 fully saturated rings. The Bertz CT molecular complexity index is 108. The molecule has 0 spiro atoms. The molecule has 0 amide bonds. The van der Waals surface area contributed by atoms with Gasteiger partial charge >= 0.3 is 5.97 Å². The number of rotatable bonds is 3. The molecule has 0 aliphatic rings. The van der Waals surface area contributed by atoms with E-state index in [9.17, 15) is 4.79 Å². The number of carbonyl (C=O) groups is 1. The van der Waals surface area contributed by atoms with Crippen LogP contribution in [0, 0.1) is 0 Å². The molecule has 0 saturated heterocycles. The average Bonchev–Trinajstić information content (AvgIpc) is 1.89. The van der Waals surface area contributed by atoms with Crippen molar-refractivity contribution in [2.24, 2.45) is 0 Å². The maximum absolute atomic E-state index is 10.0. The molecular formula is C5H8O4. The van der Waals surface area contributed by atoms with Gasteiger partial charge in [0, 0.05) is 0 Å². The predicted molar refractivity (Wildman–Crippen MR) is 29.5 cm³/mol. The van der Waals surface area contributed by atoms with E-state index in [2.05, 4.69) is 9.62 Å². The van der Waals surface area contributed by atoms with Gasteiger partial charge in [0.15, 0.2) is 0 Å². The second-order valence-electron chi connectivity index (χ2n) is 1.17. The second kappa shape index (κ2) is 5.11. The molecule has 1 N–H and O–H groups in total. The zero-order chi connectivity index (χ0) is 7.11. The van der Waals surface area contributed by atoms with Gasteiger partial charge in [0.2, 0.25) is 0 Å². The summed E-state index contributed by atoms with van der Waals surface area (Å²) in [7, 11) is 0. The van der Waals surface area contributed by atoms with Crippen LogP contribution < -0.4 is 0 Å². The third-order valence-corrected chi connectivity index (χ3v) is 0.557. The van der Waals surface area contributed by atoms with Crippen LogP contribution in [0.2, 0.25) is 0 Å². The Morgan fingerprint density at radius 1 is 1.78 bits per heavy atom. The van der Waals surface area contributed by atoms with Crippen LogP contribution in [-0.4, -0.2) is 17.8 Å². The van der Waals surface area contributed by atoms with Crippen molar-refractivity contribution in [2.45, 2.75) is 6.92 Å². The monoisotopic (exact) mass is 132 g/mol. The lowest BCUT2D eigenvalue weighted by Gasteiger charge is -1.89. The number of hydrogen-bond acceptors (Lipinski definition) is 4. The zero-order valence-corrected chi connectivity index (χ0v) is 5.03. The molecule has 0 radical (unpaired) electrons. The van der Waals surface area contributed by atoms with Crippen LogP contribution >= 0.6 is 0 Å². The van der Waals surface area contributed by atoms with Crippen molar-refractivity contribution in [3.05, 3.63) is 12.3 Å². The highest BCUT2D eigenvalue weighted by molar-refractivity contribution is 5.80. The topological polar surface area (TPSA) is 55.8 Å². The molecule has 0 atom stereocenters. The standard InChI is InChI=1S/C5H8O4/c1-2-8-4-3-5(6)9-7/h3-4,7H,2H2,1H3. The van der Waals surface area contributed by atoms with Gasteiger partial charge in [0.05, 0.1) is 18.9 Å². The van der Waals surface area contributed by atoms with E-state index >= 15 is 0 Å². The fourth-order valence-electron chi connectivity index (χ4n) is 0.230. The molecule has 9 heavy (non-hydrogen) atoms. The van der Waals surface area contributed by atoms with E-state index in [0.717, 1.165) is 12.3 Å². The van der Waals surface area contributed by atoms with E-state index in [4.69, 9.17) is 5.26 Å². The molecule has 0 aromatic heterocycles. The Kier molecular flexibility index (Phi) is 4.53. The number of ether oxygens (including phenoxy) is 1. The maximum atomic E-state index is 10.0. The SMILES string of the molecule is CCOC=CC(=O)OO. The minimum atomic E-state index is -0.844. The first-order chi connectivity index (χ1) is 4.31. The Morgan fingerprint density at radius 3 is 2.89 bits per heavy atom. The van der Waals surface area contributed by atoms with E-state index in [1.807, 2.05) is 0 Å². The van der Waals surface area contributed by atoms with Crippen LogP contribution in [0.5, 0.6) is 0 Å². The number of carbonyl (C=O) groups excluding carboxylic acids is 1. The molecular weight excluding hydrogens is 124 g/mol. The summed E-state index contributed by atoms with van der Waals surface area (Å²) >= 11 is 0. The fourth-order valence-corrected chi connectivity index (χ4v) is 0.230. The molecule has 0 bridgehead atoms. The largest absolute Gasteiger partial charge is 0.501 e. The lowest BCUT2D eigenvalue weighted by molar-refractivity contribution is -0.228. The molecule has 0 aliphatic carbocycles. The van der Waals surface area contributed by atoms with Crippen molar-refractivity contribution in [3.63, 3.8) is 0 Å². The summed E-state index contributed by atoms with van der Waals surface area (Å²) in [6.45, 7) is 2.25. The Balaban J connectivity index is 3.32. The third-order valence-electron chi connectivity index (χ3n) is 0.557. The lowest BCUT2D eigenvalue weighted by atomic mass is 10.6. The number of hydrogen-bond donors (Lipinski definition) is 1. The van der Waals surface area contributed by atoms with Crippen LogP contribution in [0.15, 0.2) is 12.3 Å². The minimum Gasteiger partial charge on any atom is -0.501 e. The fraction of sp³-hybridized carbons (Fsp3) is 0.400. The van der Waals surface area contributed by atoms with Crippen molar-refractivity contribution >= 4 is 5.97 Å². The van der Waals surface area contributed by atoms with E-state index < -0.39 is 5.97 Å². The molecule has 4 nitrogen and oxygen atoms in total. The summed E-state index contributed by atoms with van der Waals surface area (Å²) in [5, 5.41) is 7.68. The molecule has 4 heteroatoms. The summed E-state index contributed by atoms with van der Waals surface area (Å²) in [5.74, 6) is -0.844. The Morgan fingerprint density at radius 2 is 2.44 bits per heavy atom. The van der Waals surface area contributed by atoms with Crippen LogP contribution in [0.1, 0.15) is 6.92 Å². The van der Waals surface area contributed by atoms with Gasteiger partial charge in [-0.1, -0.05) is 0 Å². The van der Waals surface area contributed by atoms with Crippen molar-refractivity contribution in [3.8, 4) is 0 Å². The van der Waals surface area contributed by atoms with Crippen molar-refractivity contribution in [1.29, 1.82) is 0 Å². The van der Waals surface area contributed by atoms with Crippen LogP contribution in [0.25, 0.3) is 0 Å². The van der Waals surface area contributed by atoms with E-state index in [1.165, 1.54) is 0 Å². The van der Waals surface area contributed by atoms with Gasteiger partial charge in [-0.05, 0) is 6.92 Å². The van der Waals surface area contributed by atoms with E-state index in [0.29, 0.717) is 6.61 Å². The predicted octanol–water partition coefficient (Wildman–Crippen LogP) is 0.553. The highest BCUT2D eigenvalue weighted by Gasteiger charge is 1.90. The smallest absolute Gasteiger partial charge is 0.368 e. The van der Waals surface area contributed by atoms with Crippen LogP contribution in [0.4, 0.5) is 0 Å². The third kappa shape index (κ3) is 4.83. The minimum absolute atomic E-state index is 0.481. The molecule has 52 valence electrons. The lowest BCUT2D eigenvalue weighted by Crippen LogP contribution is -1.94. The van der Waals surface area contributed by atoms with Crippen LogP contribution in [-0.2, 0) is 14.4 Å². The zero-order valence-electron chi connectivity index (χ0n) is 5.03. The van der Waals surface area contributed by atoms with Gasteiger partial charge in [0.1, 0.15) is 0 Å². The molecule has 0 saturated carbocycles. The Labute approximate surface area is 52.6 Å². The quantitative estimate of drug-likeness (QED) is 0.264. The molecule has 0 unspecified atom stereocenters. The van der Waals surface area contributed by atoms with Gasteiger partial charge in [-0.2, -0.15) is 5.26 Å². The first-order valence-electron chi connectivity index (χ1n) is 2.44. The van der Waals surface area contributed by atoms with Crippen LogP contribution in [0.3, 0.4) is 0 Å². The highest BCUT2D eigenvalue weighted by Crippen LogP contribution is 1.78. The summed E-state index contributed by atoms with van der Waals surface area (Å²) in [4.78, 5) is 13.3. The normalized spacial score (nSPS) is 9.56. The average molecular weight is 132 g/mol. The van der Waals surface area contributed by atoms with Gasteiger partial charge < -0.3 is 4.74 Å².